The minimum Gasteiger partial charge on any atom is -0.378 e. The lowest BCUT2D eigenvalue weighted by Gasteiger charge is -2.22. The first-order valence-electron chi connectivity index (χ1n) is 7.76. The standard InChI is InChI=1S/C18H27ClO/c1-11-12(2)14(4)18(15(5)13(11)3)17(19)9-8-16-7-6-10-20-16/h16-17H,6-10H2,1-5H3. The summed E-state index contributed by atoms with van der Waals surface area (Å²) in [7, 11) is 0. The van der Waals surface area contributed by atoms with E-state index in [4.69, 9.17) is 16.3 Å². The van der Waals surface area contributed by atoms with Gasteiger partial charge >= 0.3 is 0 Å². The van der Waals surface area contributed by atoms with Crippen LogP contribution in [0.25, 0.3) is 0 Å². The summed E-state index contributed by atoms with van der Waals surface area (Å²) in [5, 5.41) is 0.109. The maximum atomic E-state index is 6.74. The molecule has 1 saturated heterocycles. The van der Waals surface area contributed by atoms with Crippen molar-refractivity contribution < 1.29 is 4.74 Å². The second kappa shape index (κ2) is 6.49. The molecule has 1 aromatic rings. The second-order valence-corrected chi connectivity index (χ2v) is 6.75. The summed E-state index contributed by atoms with van der Waals surface area (Å²) in [6, 6.07) is 0. The van der Waals surface area contributed by atoms with Crippen molar-refractivity contribution in [3.63, 3.8) is 0 Å². The van der Waals surface area contributed by atoms with E-state index in [2.05, 4.69) is 34.6 Å². The Kier molecular flexibility index (Phi) is 5.14. The van der Waals surface area contributed by atoms with Gasteiger partial charge in [-0.15, -0.1) is 11.6 Å². The highest BCUT2D eigenvalue weighted by Gasteiger charge is 2.21. The number of halogens is 1. The van der Waals surface area contributed by atoms with Crippen LogP contribution in [-0.2, 0) is 4.74 Å². The van der Waals surface area contributed by atoms with Gasteiger partial charge in [-0.05, 0) is 93.7 Å². The van der Waals surface area contributed by atoms with Crippen molar-refractivity contribution >= 4 is 11.6 Å². The summed E-state index contributed by atoms with van der Waals surface area (Å²) in [5.74, 6) is 0. The SMILES string of the molecule is Cc1c(C)c(C)c(C(Cl)CCC2CCCO2)c(C)c1C. The molecule has 1 aliphatic heterocycles. The van der Waals surface area contributed by atoms with Gasteiger partial charge in [0.2, 0.25) is 0 Å². The molecular weight excluding hydrogens is 268 g/mol. The van der Waals surface area contributed by atoms with E-state index in [1.165, 1.54) is 46.2 Å². The largest absolute Gasteiger partial charge is 0.378 e. The molecule has 2 unspecified atom stereocenters. The predicted octanol–water partition coefficient (Wildman–Crippen LogP) is 5.47. The number of benzene rings is 1. The molecule has 0 saturated carbocycles. The third kappa shape index (κ3) is 3.04. The molecule has 1 heterocycles. The molecule has 112 valence electrons. The Balaban J connectivity index is 2.18. The van der Waals surface area contributed by atoms with Crippen LogP contribution in [0.15, 0.2) is 0 Å². The first-order chi connectivity index (χ1) is 9.43. The van der Waals surface area contributed by atoms with Gasteiger partial charge in [-0.25, -0.2) is 0 Å². The molecule has 1 nitrogen and oxygen atoms in total. The zero-order chi connectivity index (χ0) is 14.9. The van der Waals surface area contributed by atoms with Crippen LogP contribution in [0.3, 0.4) is 0 Å². The van der Waals surface area contributed by atoms with Gasteiger partial charge in [-0.2, -0.15) is 0 Å². The molecule has 2 rings (SSSR count). The third-order valence-corrected chi connectivity index (χ3v) is 5.57. The van der Waals surface area contributed by atoms with Crippen LogP contribution in [0.4, 0.5) is 0 Å². The molecule has 2 heteroatoms. The van der Waals surface area contributed by atoms with E-state index in [-0.39, 0.29) is 5.38 Å². The van der Waals surface area contributed by atoms with Crippen LogP contribution in [-0.4, -0.2) is 12.7 Å². The number of ether oxygens (including phenoxy) is 1. The molecule has 0 N–H and O–H groups in total. The Hall–Kier alpha value is -0.530. The Morgan fingerprint density at radius 3 is 2.05 bits per heavy atom. The quantitative estimate of drug-likeness (QED) is 0.669. The molecule has 0 spiro atoms. The van der Waals surface area contributed by atoms with Gasteiger partial charge in [0.25, 0.3) is 0 Å². The maximum Gasteiger partial charge on any atom is 0.0591 e. The summed E-state index contributed by atoms with van der Waals surface area (Å²) in [4.78, 5) is 0. The van der Waals surface area contributed by atoms with Gasteiger partial charge in [0.1, 0.15) is 0 Å². The van der Waals surface area contributed by atoms with Crippen molar-refractivity contribution in [1.29, 1.82) is 0 Å². The summed E-state index contributed by atoms with van der Waals surface area (Å²) >= 11 is 6.74. The van der Waals surface area contributed by atoms with Crippen LogP contribution in [0.1, 0.15) is 64.4 Å². The van der Waals surface area contributed by atoms with E-state index in [1.54, 1.807) is 0 Å². The predicted molar refractivity (Wildman–Crippen MR) is 86.9 cm³/mol. The Morgan fingerprint density at radius 2 is 1.55 bits per heavy atom. The van der Waals surface area contributed by atoms with Crippen LogP contribution < -0.4 is 0 Å². The Bertz CT molecular complexity index is 458. The summed E-state index contributed by atoms with van der Waals surface area (Å²) in [6.45, 7) is 12.0. The Labute approximate surface area is 128 Å². The maximum absolute atomic E-state index is 6.74. The van der Waals surface area contributed by atoms with Crippen LogP contribution in [0.2, 0.25) is 0 Å². The normalized spacial score (nSPS) is 20.4. The summed E-state index contributed by atoms with van der Waals surface area (Å²) in [5.41, 5.74) is 8.30. The van der Waals surface area contributed by atoms with Crippen LogP contribution in [0.5, 0.6) is 0 Å². The van der Waals surface area contributed by atoms with Gasteiger partial charge in [-0.3, -0.25) is 0 Å². The molecule has 20 heavy (non-hydrogen) atoms. The zero-order valence-corrected chi connectivity index (χ0v) is 14.2. The summed E-state index contributed by atoms with van der Waals surface area (Å²) < 4.78 is 5.71. The lowest BCUT2D eigenvalue weighted by Crippen LogP contribution is -2.09. The van der Waals surface area contributed by atoms with E-state index in [9.17, 15) is 0 Å². The van der Waals surface area contributed by atoms with Gasteiger partial charge < -0.3 is 4.74 Å². The molecule has 1 aliphatic rings. The Morgan fingerprint density at radius 1 is 1.00 bits per heavy atom. The fourth-order valence-corrected chi connectivity index (χ4v) is 3.80. The number of hydrogen-bond donors (Lipinski definition) is 0. The molecular formula is C18H27ClO. The molecule has 0 bridgehead atoms. The van der Waals surface area contributed by atoms with Crippen molar-refractivity contribution in [1.82, 2.24) is 0 Å². The molecule has 0 radical (unpaired) electrons. The molecule has 0 aromatic heterocycles. The second-order valence-electron chi connectivity index (χ2n) is 6.22. The van der Waals surface area contributed by atoms with Crippen molar-refractivity contribution in [2.24, 2.45) is 0 Å². The number of hydrogen-bond acceptors (Lipinski definition) is 1. The first-order valence-corrected chi connectivity index (χ1v) is 8.19. The average Bonchev–Trinajstić information content (AvgIpc) is 2.94. The number of alkyl halides is 1. The fraction of sp³-hybridized carbons (Fsp3) is 0.667. The monoisotopic (exact) mass is 294 g/mol. The topological polar surface area (TPSA) is 9.23 Å². The van der Waals surface area contributed by atoms with Gasteiger partial charge in [0.05, 0.1) is 11.5 Å². The highest BCUT2D eigenvalue weighted by Crippen LogP contribution is 2.36. The van der Waals surface area contributed by atoms with E-state index in [0.717, 1.165) is 19.4 Å². The van der Waals surface area contributed by atoms with Gasteiger partial charge in [-0.1, -0.05) is 0 Å². The van der Waals surface area contributed by atoms with Gasteiger partial charge in [0.15, 0.2) is 0 Å². The van der Waals surface area contributed by atoms with E-state index in [1.807, 2.05) is 0 Å². The van der Waals surface area contributed by atoms with Crippen molar-refractivity contribution in [2.45, 2.75) is 71.8 Å². The highest BCUT2D eigenvalue weighted by molar-refractivity contribution is 6.21. The average molecular weight is 295 g/mol. The molecule has 1 fully saturated rings. The van der Waals surface area contributed by atoms with Crippen molar-refractivity contribution in [3.05, 3.63) is 33.4 Å². The third-order valence-electron chi connectivity index (χ3n) is 5.14. The smallest absolute Gasteiger partial charge is 0.0591 e. The van der Waals surface area contributed by atoms with E-state index in [0.29, 0.717) is 6.10 Å². The molecule has 0 amide bonds. The lowest BCUT2D eigenvalue weighted by atomic mass is 9.87. The zero-order valence-electron chi connectivity index (χ0n) is 13.5. The highest BCUT2D eigenvalue weighted by atomic mass is 35.5. The van der Waals surface area contributed by atoms with Crippen molar-refractivity contribution in [3.8, 4) is 0 Å². The summed E-state index contributed by atoms with van der Waals surface area (Å²) in [6.07, 6.45) is 4.94. The van der Waals surface area contributed by atoms with Crippen molar-refractivity contribution in [2.75, 3.05) is 6.61 Å². The van der Waals surface area contributed by atoms with Crippen LogP contribution >= 0.6 is 11.6 Å². The number of rotatable bonds is 4. The van der Waals surface area contributed by atoms with E-state index < -0.39 is 0 Å². The minimum absolute atomic E-state index is 0.109. The van der Waals surface area contributed by atoms with E-state index >= 15 is 0 Å². The molecule has 1 aromatic carbocycles. The molecule has 0 aliphatic carbocycles. The van der Waals surface area contributed by atoms with Gasteiger partial charge in [0, 0.05) is 6.61 Å². The van der Waals surface area contributed by atoms with Crippen LogP contribution in [0, 0.1) is 34.6 Å². The first kappa shape index (κ1) is 15.9. The minimum atomic E-state index is 0.109. The molecule has 2 atom stereocenters. The fourth-order valence-electron chi connectivity index (χ4n) is 3.35. The lowest BCUT2D eigenvalue weighted by molar-refractivity contribution is 0.102.